The molecule has 1 aliphatic heterocycles. The number of hydrogen-bond donors (Lipinski definition) is 1. The summed E-state index contributed by atoms with van der Waals surface area (Å²) in [5.74, 6) is 1.85. The summed E-state index contributed by atoms with van der Waals surface area (Å²) in [5, 5.41) is 17.2. The molecule has 1 aliphatic rings. The van der Waals surface area contributed by atoms with Gasteiger partial charge >= 0.3 is 0 Å². The van der Waals surface area contributed by atoms with Crippen LogP contribution < -0.4 is 9.47 Å². The fourth-order valence-corrected chi connectivity index (χ4v) is 5.02. The zero-order valence-corrected chi connectivity index (χ0v) is 20.2. The lowest BCUT2D eigenvalue weighted by Gasteiger charge is -2.31. The Morgan fingerprint density at radius 3 is 2.83 bits per heavy atom. The van der Waals surface area contributed by atoms with Gasteiger partial charge in [0.05, 0.1) is 30.1 Å². The highest BCUT2D eigenvalue weighted by Crippen LogP contribution is 2.37. The molecule has 0 radical (unpaired) electrons. The third-order valence-electron chi connectivity index (χ3n) is 6.18. The molecule has 1 fully saturated rings. The predicted molar refractivity (Wildman–Crippen MR) is 130 cm³/mol. The van der Waals surface area contributed by atoms with Crippen molar-refractivity contribution in [3.8, 4) is 23.0 Å². The van der Waals surface area contributed by atoms with Crippen LogP contribution in [0.5, 0.6) is 11.5 Å². The fourth-order valence-electron chi connectivity index (χ4n) is 4.30. The summed E-state index contributed by atoms with van der Waals surface area (Å²) in [6, 6.07) is 11.2. The molecule has 10 heteroatoms. The summed E-state index contributed by atoms with van der Waals surface area (Å²) in [5.41, 5.74) is 1.73. The van der Waals surface area contributed by atoms with E-state index in [1.807, 2.05) is 49.5 Å². The number of ether oxygens (including phenoxy) is 3. The van der Waals surface area contributed by atoms with Crippen LogP contribution in [0.1, 0.15) is 29.2 Å². The zero-order chi connectivity index (χ0) is 24.0. The molecule has 5 aromatic rings. The van der Waals surface area contributed by atoms with Crippen molar-refractivity contribution in [2.75, 3.05) is 20.3 Å². The maximum absolute atomic E-state index is 11.0. The Labute approximate surface area is 204 Å². The average molecular weight is 493 g/mol. The number of fused-ring (bicyclic) bond motifs is 2. The van der Waals surface area contributed by atoms with Gasteiger partial charge in [-0.15, -0.1) is 0 Å². The monoisotopic (exact) mass is 492 g/mol. The topological polar surface area (TPSA) is 104 Å². The third-order valence-corrected chi connectivity index (χ3v) is 7.02. The van der Waals surface area contributed by atoms with Crippen molar-refractivity contribution in [3.05, 3.63) is 59.0 Å². The third kappa shape index (κ3) is 4.13. The Bertz CT molecular complexity index is 1480. The first-order chi connectivity index (χ1) is 17.0. The summed E-state index contributed by atoms with van der Waals surface area (Å²) in [4.78, 5) is 10.1. The van der Waals surface area contributed by atoms with E-state index >= 15 is 0 Å². The van der Waals surface area contributed by atoms with Gasteiger partial charge in [-0.25, -0.2) is 9.50 Å². The van der Waals surface area contributed by atoms with E-state index in [-0.39, 0.29) is 6.61 Å². The molecule has 6 rings (SSSR count). The molecule has 35 heavy (non-hydrogen) atoms. The van der Waals surface area contributed by atoms with Gasteiger partial charge in [0.2, 0.25) is 4.96 Å². The van der Waals surface area contributed by atoms with Crippen molar-refractivity contribution < 1.29 is 23.7 Å². The van der Waals surface area contributed by atoms with Crippen molar-refractivity contribution in [1.29, 1.82) is 0 Å². The molecule has 1 saturated heterocycles. The molecule has 0 amide bonds. The first kappa shape index (κ1) is 22.0. The van der Waals surface area contributed by atoms with Gasteiger partial charge in [-0.2, -0.15) is 5.10 Å². The smallest absolute Gasteiger partial charge is 0.212 e. The number of aryl methyl sites for hydroxylation is 1. The van der Waals surface area contributed by atoms with Crippen molar-refractivity contribution in [2.45, 2.75) is 32.0 Å². The Balaban J connectivity index is 1.30. The van der Waals surface area contributed by atoms with Gasteiger partial charge < -0.3 is 23.7 Å². The molecule has 180 valence electrons. The second-order valence-electron chi connectivity index (χ2n) is 8.57. The zero-order valence-electron chi connectivity index (χ0n) is 19.4. The van der Waals surface area contributed by atoms with Crippen LogP contribution in [0.15, 0.2) is 47.0 Å². The van der Waals surface area contributed by atoms with E-state index in [1.54, 1.807) is 11.6 Å². The van der Waals surface area contributed by atoms with Crippen LogP contribution in [-0.4, -0.2) is 45.0 Å². The minimum atomic E-state index is -0.970. The van der Waals surface area contributed by atoms with E-state index < -0.39 is 5.60 Å². The normalized spacial score (nSPS) is 15.6. The van der Waals surface area contributed by atoms with Crippen LogP contribution in [0.4, 0.5) is 0 Å². The van der Waals surface area contributed by atoms with E-state index in [0.717, 1.165) is 21.0 Å². The summed E-state index contributed by atoms with van der Waals surface area (Å²) in [6.07, 6.45) is 2.91. The second-order valence-corrected chi connectivity index (χ2v) is 9.73. The summed E-state index contributed by atoms with van der Waals surface area (Å²) in [7, 11) is 1.60. The Morgan fingerprint density at radius 1 is 1.17 bits per heavy atom. The molecule has 0 saturated carbocycles. The largest absolute Gasteiger partial charge is 0.496 e. The molecule has 0 spiro atoms. The number of aliphatic hydroxyl groups is 1. The highest BCUT2D eigenvalue weighted by Gasteiger charge is 2.33. The lowest BCUT2D eigenvalue weighted by molar-refractivity contribution is -0.0706. The van der Waals surface area contributed by atoms with Crippen LogP contribution in [-0.2, 0) is 16.9 Å². The second kappa shape index (κ2) is 8.63. The molecule has 1 N–H and O–H groups in total. The summed E-state index contributed by atoms with van der Waals surface area (Å²) < 4.78 is 24.9. The van der Waals surface area contributed by atoms with E-state index in [4.69, 9.17) is 18.6 Å². The minimum absolute atomic E-state index is 0.229. The molecule has 0 atom stereocenters. The van der Waals surface area contributed by atoms with Gasteiger partial charge in [0.15, 0.2) is 5.76 Å². The van der Waals surface area contributed by atoms with Crippen LogP contribution in [0.3, 0.4) is 0 Å². The number of furan rings is 1. The molecular weight excluding hydrogens is 468 g/mol. The number of imidazole rings is 1. The molecular formula is C25H24N4O5S. The van der Waals surface area contributed by atoms with E-state index in [2.05, 4.69) is 15.1 Å². The van der Waals surface area contributed by atoms with Gasteiger partial charge in [-0.3, -0.25) is 4.98 Å². The van der Waals surface area contributed by atoms with Crippen LogP contribution in [0.2, 0.25) is 0 Å². The highest BCUT2D eigenvalue weighted by molar-refractivity contribution is 7.16. The minimum Gasteiger partial charge on any atom is -0.496 e. The van der Waals surface area contributed by atoms with Crippen LogP contribution in [0, 0.1) is 6.92 Å². The molecule has 5 heterocycles. The average Bonchev–Trinajstić information content (AvgIpc) is 3.55. The lowest BCUT2D eigenvalue weighted by atomic mass is 9.90. The highest BCUT2D eigenvalue weighted by atomic mass is 32.1. The number of benzene rings is 1. The summed E-state index contributed by atoms with van der Waals surface area (Å²) >= 11 is 1.52. The predicted octanol–water partition coefficient (Wildman–Crippen LogP) is 4.49. The molecule has 4 aromatic heterocycles. The number of methoxy groups -OCH3 is 1. The number of rotatable bonds is 6. The quantitative estimate of drug-likeness (QED) is 0.370. The maximum atomic E-state index is 11.0. The van der Waals surface area contributed by atoms with E-state index in [0.29, 0.717) is 60.3 Å². The van der Waals surface area contributed by atoms with Gasteiger partial charge in [0.25, 0.3) is 0 Å². The van der Waals surface area contributed by atoms with Gasteiger partial charge in [0, 0.05) is 38.2 Å². The van der Waals surface area contributed by atoms with Gasteiger partial charge in [0.1, 0.15) is 40.0 Å². The summed E-state index contributed by atoms with van der Waals surface area (Å²) in [6.45, 7) is 3.22. The molecule has 1 aromatic carbocycles. The molecule has 0 aliphatic carbocycles. The molecule has 9 nitrogen and oxygen atoms in total. The standard InChI is InChI=1S/C25H24N4O5S/c1-15-28-29-13-19(27-24(29)35-15)22-12-18-20(10-17(31-2)11-21(18)34-22)33-14-16-4-3-5-23(26-16)25(30)6-8-32-9-7-25/h3-5,10-13,30H,6-9,14H2,1-2H3. The lowest BCUT2D eigenvalue weighted by Crippen LogP contribution is -2.34. The number of pyridine rings is 1. The Hall–Kier alpha value is -3.47. The van der Waals surface area contributed by atoms with E-state index in [9.17, 15) is 5.11 Å². The Morgan fingerprint density at radius 2 is 2.03 bits per heavy atom. The molecule has 0 bridgehead atoms. The first-order valence-corrected chi connectivity index (χ1v) is 12.2. The van der Waals surface area contributed by atoms with Crippen molar-refractivity contribution in [2.24, 2.45) is 0 Å². The van der Waals surface area contributed by atoms with Crippen LogP contribution in [0.25, 0.3) is 27.4 Å². The first-order valence-electron chi connectivity index (χ1n) is 11.3. The Kier molecular flexibility index (Phi) is 5.43. The maximum Gasteiger partial charge on any atom is 0.212 e. The van der Waals surface area contributed by atoms with Crippen molar-refractivity contribution in [3.63, 3.8) is 0 Å². The number of nitrogens with zero attached hydrogens (tertiary/aromatic N) is 4. The van der Waals surface area contributed by atoms with Gasteiger partial charge in [-0.05, 0) is 25.1 Å². The van der Waals surface area contributed by atoms with Crippen molar-refractivity contribution in [1.82, 2.24) is 19.6 Å². The fraction of sp³-hybridized carbons (Fsp3) is 0.320. The van der Waals surface area contributed by atoms with Crippen molar-refractivity contribution >= 4 is 27.3 Å². The van der Waals surface area contributed by atoms with Gasteiger partial charge in [-0.1, -0.05) is 17.4 Å². The number of hydrogen-bond acceptors (Lipinski definition) is 9. The number of aromatic nitrogens is 4. The van der Waals surface area contributed by atoms with E-state index in [1.165, 1.54) is 11.3 Å². The van der Waals surface area contributed by atoms with Crippen LogP contribution >= 0.6 is 11.3 Å². The SMILES string of the molecule is COc1cc(OCc2cccc(C3(O)CCOCC3)n2)c2cc(-c3cn4nc(C)sc4n3)oc2c1. The molecule has 0 unspecified atom stereocenters.